The lowest BCUT2D eigenvalue weighted by Gasteiger charge is -2.10. The van der Waals surface area contributed by atoms with E-state index in [1.807, 2.05) is 6.07 Å². The van der Waals surface area contributed by atoms with Gasteiger partial charge in [-0.25, -0.2) is 0 Å². The molecule has 4 heteroatoms. The second kappa shape index (κ2) is 4.98. The Balaban J connectivity index is 2.38. The Morgan fingerprint density at radius 3 is 2.67 bits per heavy atom. The van der Waals surface area contributed by atoms with Crippen molar-refractivity contribution in [3.8, 4) is 11.5 Å². The molecule has 1 aromatic rings. The van der Waals surface area contributed by atoms with Gasteiger partial charge in [0.05, 0.1) is 25.9 Å². The Morgan fingerprint density at radius 2 is 2.11 bits per heavy atom. The summed E-state index contributed by atoms with van der Waals surface area (Å²) < 4.78 is 10.5. The fourth-order valence-electron chi connectivity index (χ4n) is 2.53. The average molecular weight is 250 g/mol. The number of carbonyl (C=O) groups excluding carboxylic acids is 1. The van der Waals surface area contributed by atoms with E-state index >= 15 is 0 Å². The van der Waals surface area contributed by atoms with Gasteiger partial charge in [0, 0.05) is 12.0 Å². The number of carbonyl (C=O) groups is 1. The molecule has 0 spiro atoms. The minimum Gasteiger partial charge on any atom is -0.497 e. The standard InChI is InChI=1S/C14H18O4/c1-8(15)4-10-5-9-6-11(17-2)7-12(18-3)13(9)14(10)16/h6-8,10,15H,4-5H2,1-3H3. The highest BCUT2D eigenvalue weighted by atomic mass is 16.5. The number of aliphatic hydroxyl groups is 1. The van der Waals surface area contributed by atoms with Crippen LogP contribution in [0.1, 0.15) is 29.3 Å². The summed E-state index contributed by atoms with van der Waals surface area (Å²) in [6, 6.07) is 3.60. The van der Waals surface area contributed by atoms with Crippen LogP contribution in [0.5, 0.6) is 11.5 Å². The zero-order valence-corrected chi connectivity index (χ0v) is 10.9. The summed E-state index contributed by atoms with van der Waals surface area (Å²) in [7, 11) is 3.13. The van der Waals surface area contributed by atoms with E-state index < -0.39 is 6.10 Å². The van der Waals surface area contributed by atoms with Crippen LogP contribution in [0.4, 0.5) is 0 Å². The van der Waals surface area contributed by atoms with Gasteiger partial charge in [0.2, 0.25) is 0 Å². The molecule has 0 saturated carbocycles. The van der Waals surface area contributed by atoms with Crippen LogP contribution in [0.2, 0.25) is 0 Å². The van der Waals surface area contributed by atoms with Gasteiger partial charge in [0.25, 0.3) is 0 Å². The predicted molar refractivity (Wildman–Crippen MR) is 67.4 cm³/mol. The van der Waals surface area contributed by atoms with Crippen molar-refractivity contribution in [3.05, 3.63) is 23.3 Å². The number of hydrogen-bond acceptors (Lipinski definition) is 4. The summed E-state index contributed by atoms with van der Waals surface area (Å²) in [6.07, 6.45) is 0.659. The minimum absolute atomic E-state index is 0.0606. The zero-order chi connectivity index (χ0) is 13.3. The Hall–Kier alpha value is -1.55. The smallest absolute Gasteiger partial charge is 0.170 e. The van der Waals surface area contributed by atoms with Gasteiger partial charge in [-0.05, 0) is 31.4 Å². The number of methoxy groups -OCH3 is 2. The zero-order valence-electron chi connectivity index (χ0n) is 10.9. The summed E-state index contributed by atoms with van der Waals surface area (Å²) in [5, 5.41) is 9.43. The molecule has 0 saturated heterocycles. The monoisotopic (exact) mass is 250 g/mol. The molecule has 98 valence electrons. The number of benzene rings is 1. The van der Waals surface area contributed by atoms with E-state index in [1.165, 1.54) is 0 Å². The first-order chi connectivity index (χ1) is 8.56. The number of Topliss-reactive ketones (excluding diaryl/α,β-unsaturated/α-hetero) is 1. The number of ketones is 1. The van der Waals surface area contributed by atoms with Crippen molar-refractivity contribution in [2.24, 2.45) is 5.92 Å². The van der Waals surface area contributed by atoms with Gasteiger partial charge in [-0.2, -0.15) is 0 Å². The highest BCUT2D eigenvalue weighted by Crippen LogP contribution is 2.38. The van der Waals surface area contributed by atoms with Crippen molar-refractivity contribution in [2.45, 2.75) is 25.9 Å². The van der Waals surface area contributed by atoms with Crippen LogP contribution in [0.25, 0.3) is 0 Å². The summed E-state index contributed by atoms with van der Waals surface area (Å²) in [5.41, 5.74) is 1.59. The predicted octanol–water partition coefficient (Wildman–Crippen LogP) is 1.83. The summed E-state index contributed by atoms with van der Waals surface area (Å²) in [6.45, 7) is 1.70. The normalized spacial score (nSPS) is 19.6. The molecule has 0 fully saturated rings. The van der Waals surface area contributed by atoms with Crippen LogP contribution in [-0.4, -0.2) is 31.2 Å². The van der Waals surface area contributed by atoms with Crippen LogP contribution in [0.3, 0.4) is 0 Å². The van der Waals surface area contributed by atoms with E-state index in [-0.39, 0.29) is 11.7 Å². The molecule has 0 amide bonds. The third-order valence-electron chi connectivity index (χ3n) is 3.32. The summed E-state index contributed by atoms with van der Waals surface area (Å²) in [5.74, 6) is 1.16. The van der Waals surface area contributed by atoms with Crippen molar-refractivity contribution >= 4 is 5.78 Å². The third-order valence-corrected chi connectivity index (χ3v) is 3.32. The second-order valence-corrected chi connectivity index (χ2v) is 4.71. The molecular weight excluding hydrogens is 232 g/mol. The van der Waals surface area contributed by atoms with Crippen LogP contribution in [-0.2, 0) is 6.42 Å². The molecule has 1 aromatic carbocycles. The van der Waals surface area contributed by atoms with Crippen molar-refractivity contribution < 1.29 is 19.4 Å². The Labute approximate surface area is 107 Å². The van der Waals surface area contributed by atoms with E-state index in [9.17, 15) is 9.90 Å². The molecule has 2 unspecified atom stereocenters. The maximum absolute atomic E-state index is 12.3. The molecule has 1 aliphatic rings. The van der Waals surface area contributed by atoms with E-state index in [0.29, 0.717) is 29.9 Å². The molecule has 1 N–H and O–H groups in total. The van der Waals surface area contributed by atoms with Crippen molar-refractivity contribution in [1.82, 2.24) is 0 Å². The lowest BCUT2D eigenvalue weighted by molar-refractivity contribution is 0.0871. The molecule has 4 nitrogen and oxygen atoms in total. The number of rotatable bonds is 4. The molecule has 2 atom stereocenters. The maximum Gasteiger partial charge on any atom is 0.170 e. The first-order valence-electron chi connectivity index (χ1n) is 6.04. The molecule has 0 radical (unpaired) electrons. The first kappa shape index (κ1) is 12.9. The van der Waals surface area contributed by atoms with Crippen molar-refractivity contribution in [3.63, 3.8) is 0 Å². The van der Waals surface area contributed by atoms with Gasteiger partial charge in [0.15, 0.2) is 5.78 Å². The topological polar surface area (TPSA) is 55.8 Å². The van der Waals surface area contributed by atoms with E-state index in [2.05, 4.69) is 0 Å². The highest BCUT2D eigenvalue weighted by molar-refractivity contribution is 6.04. The van der Waals surface area contributed by atoms with Gasteiger partial charge >= 0.3 is 0 Å². The number of aliphatic hydroxyl groups excluding tert-OH is 1. The first-order valence-corrected chi connectivity index (χ1v) is 6.04. The minimum atomic E-state index is -0.471. The van der Waals surface area contributed by atoms with Gasteiger partial charge in [-0.15, -0.1) is 0 Å². The Bertz CT molecular complexity index is 465. The molecule has 0 aromatic heterocycles. The SMILES string of the molecule is COc1cc2c(c(OC)c1)C(=O)C(CC(C)O)C2. The number of ether oxygens (including phenoxy) is 2. The third kappa shape index (κ3) is 2.20. The largest absolute Gasteiger partial charge is 0.497 e. The van der Waals surface area contributed by atoms with Gasteiger partial charge in [-0.3, -0.25) is 4.79 Å². The van der Waals surface area contributed by atoms with Crippen LogP contribution >= 0.6 is 0 Å². The molecule has 1 aliphatic carbocycles. The molecular formula is C14H18O4. The Kier molecular flexibility index (Phi) is 3.57. The van der Waals surface area contributed by atoms with Crippen molar-refractivity contribution in [2.75, 3.05) is 14.2 Å². The number of hydrogen-bond donors (Lipinski definition) is 1. The molecule has 0 heterocycles. The van der Waals surface area contributed by atoms with Crippen molar-refractivity contribution in [1.29, 1.82) is 0 Å². The van der Waals surface area contributed by atoms with E-state index in [4.69, 9.17) is 9.47 Å². The number of fused-ring (bicyclic) bond motifs is 1. The van der Waals surface area contributed by atoms with Gasteiger partial charge in [0.1, 0.15) is 11.5 Å². The van der Waals surface area contributed by atoms with Crippen LogP contribution in [0.15, 0.2) is 12.1 Å². The van der Waals surface area contributed by atoms with E-state index in [0.717, 1.165) is 5.56 Å². The molecule has 18 heavy (non-hydrogen) atoms. The van der Waals surface area contributed by atoms with Crippen LogP contribution < -0.4 is 9.47 Å². The lowest BCUT2D eigenvalue weighted by Crippen LogP contribution is -2.15. The fraction of sp³-hybridized carbons (Fsp3) is 0.500. The average Bonchev–Trinajstić information content (AvgIpc) is 2.64. The lowest BCUT2D eigenvalue weighted by atomic mass is 9.98. The molecule has 0 bridgehead atoms. The highest BCUT2D eigenvalue weighted by Gasteiger charge is 2.34. The van der Waals surface area contributed by atoms with Gasteiger partial charge in [-0.1, -0.05) is 0 Å². The fourth-order valence-corrected chi connectivity index (χ4v) is 2.53. The quantitative estimate of drug-likeness (QED) is 0.885. The Morgan fingerprint density at radius 1 is 1.39 bits per heavy atom. The maximum atomic E-state index is 12.3. The molecule has 2 rings (SSSR count). The van der Waals surface area contributed by atoms with E-state index in [1.54, 1.807) is 27.2 Å². The summed E-state index contributed by atoms with van der Waals surface area (Å²) >= 11 is 0. The van der Waals surface area contributed by atoms with Crippen LogP contribution in [0, 0.1) is 5.92 Å². The molecule has 0 aliphatic heterocycles. The second-order valence-electron chi connectivity index (χ2n) is 4.71. The summed E-state index contributed by atoms with van der Waals surface area (Å²) in [4.78, 5) is 12.3. The van der Waals surface area contributed by atoms with Gasteiger partial charge < -0.3 is 14.6 Å².